The number of rotatable bonds is 5. The van der Waals surface area contributed by atoms with Crippen molar-refractivity contribution in [2.45, 2.75) is 25.8 Å². The lowest BCUT2D eigenvalue weighted by molar-refractivity contribution is -0.384. The molecule has 0 bridgehead atoms. The van der Waals surface area contributed by atoms with Crippen molar-refractivity contribution in [3.63, 3.8) is 0 Å². The van der Waals surface area contributed by atoms with Gasteiger partial charge in [0.2, 0.25) is 5.82 Å². The molecule has 0 aromatic carbocycles. The van der Waals surface area contributed by atoms with E-state index in [1.807, 2.05) is 0 Å². The second kappa shape index (κ2) is 4.67. The Balaban J connectivity index is 2.07. The predicted octanol–water partition coefficient (Wildman–Crippen LogP) is 1.45. The molecule has 6 nitrogen and oxygen atoms in total. The zero-order chi connectivity index (χ0) is 12.4. The summed E-state index contributed by atoms with van der Waals surface area (Å²) in [6.45, 7) is 2.33. The molecule has 1 unspecified atom stereocenters. The summed E-state index contributed by atoms with van der Waals surface area (Å²) in [5.41, 5.74) is 6.68. The fourth-order valence-electron chi connectivity index (χ4n) is 1.73. The van der Waals surface area contributed by atoms with Gasteiger partial charge in [-0.05, 0) is 31.7 Å². The van der Waals surface area contributed by atoms with Gasteiger partial charge in [0.25, 0.3) is 0 Å². The van der Waals surface area contributed by atoms with Crippen molar-refractivity contribution in [1.29, 1.82) is 0 Å². The number of aromatic nitrogens is 1. The summed E-state index contributed by atoms with van der Waals surface area (Å²) in [5.74, 6) is 0.873. The first kappa shape index (κ1) is 11.8. The molecule has 0 radical (unpaired) electrons. The van der Waals surface area contributed by atoms with E-state index in [9.17, 15) is 10.1 Å². The minimum Gasteiger partial charge on any atom is -0.363 e. The first-order valence-corrected chi connectivity index (χ1v) is 5.69. The molecule has 1 fully saturated rings. The van der Waals surface area contributed by atoms with E-state index in [0.717, 1.165) is 18.5 Å². The molecule has 0 aliphatic heterocycles. The average molecular weight is 236 g/mol. The third-order valence-corrected chi connectivity index (χ3v) is 2.94. The van der Waals surface area contributed by atoms with Crippen LogP contribution < -0.4 is 11.1 Å². The standard InChI is InChI=1S/C11H16N4O2/c1-7-2-5-10(15(16)17)11(14-7)13-6-9(12)8-3-4-8/h2,5,8-9H,3-4,6,12H2,1H3,(H,13,14). The van der Waals surface area contributed by atoms with Gasteiger partial charge in [0.05, 0.1) is 4.92 Å². The highest BCUT2D eigenvalue weighted by molar-refractivity contribution is 5.56. The van der Waals surface area contributed by atoms with E-state index in [0.29, 0.717) is 18.3 Å². The molecular formula is C11H16N4O2. The fraction of sp³-hybridized carbons (Fsp3) is 0.545. The van der Waals surface area contributed by atoms with Gasteiger partial charge in [-0.3, -0.25) is 10.1 Å². The second-order valence-corrected chi connectivity index (χ2v) is 4.46. The van der Waals surface area contributed by atoms with Gasteiger partial charge >= 0.3 is 5.69 Å². The lowest BCUT2D eigenvalue weighted by atomic mass is 10.2. The highest BCUT2D eigenvalue weighted by atomic mass is 16.6. The zero-order valence-electron chi connectivity index (χ0n) is 9.72. The van der Waals surface area contributed by atoms with E-state index in [-0.39, 0.29) is 11.7 Å². The maximum absolute atomic E-state index is 10.8. The van der Waals surface area contributed by atoms with E-state index in [1.165, 1.54) is 6.07 Å². The molecule has 17 heavy (non-hydrogen) atoms. The second-order valence-electron chi connectivity index (χ2n) is 4.46. The van der Waals surface area contributed by atoms with Crippen LogP contribution in [0.25, 0.3) is 0 Å². The Hall–Kier alpha value is -1.69. The van der Waals surface area contributed by atoms with Crippen molar-refractivity contribution in [2.75, 3.05) is 11.9 Å². The third kappa shape index (κ3) is 2.91. The van der Waals surface area contributed by atoms with Crippen molar-refractivity contribution in [3.8, 4) is 0 Å². The number of aryl methyl sites for hydroxylation is 1. The molecule has 0 spiro atoms. The summed E-state index contributed by atoms with van der Waals surface area (Å²) in [4.78, 5) is 14.5. The van der Waals surface area contributed by atoms with Crippen molar-refractivity contribution < 1.29 is 4.92 Å². The Morgan fingerprint density at radius 1 is 1.65 bits per heavy atom. The van der Waals surface area contributed by atoms with Gasteiger partial charge in [-0.25, -0.2) is 4.98 Å². The molecule has 2 rings (SSSR count). The summed E-state index contributed by atoms with van der Waals surface area (Å²) in [5, 5.41) is 13.8. The first-order chi connectivity index (χ1) is 8.08. The van der Waals surface area contributed by atoms with Crippen LogP contribution in [0, 0.1) is 23.0 Å². The van der Waals surface area contributed by atoms with Gasteiger partial charge < -0.3 is 11.1 Å². The normalized spacial score (nSPS) is 16.6. The molecule has 1 aliphatic carbocycles. The van der Waals surface area contributed by atoms with Crippen LogP contribution in [0.3, 0.4) is 0 Å². The lowest BCUT2D eigenvalue weighted by Crippen LogP contribution is -2.31. The molecule has 6 heteroatoms. The largest absolute Gasteiger partial charge is 0.363 e. The van der Waals surface area contributed by atoms with E-state index in [1.54, 1.807) is 13.0 Å². The number of hydrogen-bond donors (Lipinski definition) is 2. The Morgan fingerprint density at radius 2 is 2.35 bits per heavy atom. The molecule has 3 N–H and O–H groups in total. The zero-order valence-corrected chi connectivity index (χ0v) is 9.72. The Labute approximate surface area is 99.4 Å². The molecule has 1 aromatic heterocycles. The molecule has 0 saturated heterocycles. The number of nitro groups is 1. The van der Waals surface area contributed by atoms with Crippen LogP contribution in [0.4, 0.5) is 11.5 Å². The van der Waals surface area contributed by atoms with E-state index in [2.05, 4.69) is 10.3 Å². The summed E-state index contributed by atoms with van der Waals surface area (Å²) in [6.07, 6.45) is 2.32. The molecular weight excluding hydrogens is 220 g/mol. The average Bonchev–Trinajstić information content (AvgIpc) is 3.09. The van der Waals surface area contributed by atoms with Crippen LogP contribution in [-0.2, 0) is 0 Å². The number of anilines is 1. The molecule has 1 aliphatic rings. The Bertz CT molecular complexity index is 431. The van der Waals surface area contributed by atoms with Gasteiger partial charge in [-0.2, -0.15) is 0 Å². The van der Waals surface area contributed by atoms with Crippen LogP contribution >= 0.6 is 0 Å². The lowest BCUT2D eigenvalue weighted by Gasteiger charge is -2.12. The Morgan fingerprint density at radius 3 is 2.94 bits per heavy atom. The fourth-order valence-corrected chi connectivity index (χ4v) is 1.73. The van der Waals surface area contributed by atoms with Crippen molar-refractivity contribution in [3.05, 3.63) is 27.9 Å². The number of nitrogens with one attached hydrogen (secondary N) is 1. The smallest absolute Gasteiger partial charge is 0.311 e. The minimum atomic E-state index is -0.433. The third-order valence-electron chi connectivity index (χ3n) is 2.94. The molecule has 1 atom stereocenters. The highest BCUT2D eigenvalue weighted by Crippen LogP contribution is 2.32. The molecule has 0 amide bonds. The molecule has 1 saturated carbocycles. The van der Waals surface area contributed by atoms with E-state index in [4.69, 9.17) is 5.73 Å². The summed E-state index contributed by atoms with van der Waals surface area (Å²) in [7, 11) is 0. The maximum Gasteiger partial charge on any atom is 0.311 e. The van der Waals surface area contributed by atoms with Crippen LogP contribution in [0.1, 0.15) is 18.5 Å². The van der Waals surface area contributed by atoms with Crippen LogP contribution in [0.2, 0.25) is 0 Å². The first-order valence-electron chi connectivity index (χ1n) is 5.69. The highest BCUT2D eigenvalue weighted by Gasteiger charge is 2.28. The van der Waals surface area contributed by atoms with Gasteiger partial charge in [0.15, 0.2) is 0 Å². The molecule has 92 valence electrons. The van der Waals surface area contributed by atoms with Gasteiger partial charge in [-0.1, -0.05) is 0 Å². The number of pyridine rings is 1. The monoisotopic (exact) mass is 236 g/mol. The summed E-state index contributed by atoms with van der Waals surface area (Å²) < 4.78 is 0. The number of nitrogens with two attached hydrogens (primary N) is 1. The van der Waals surface area contributed by atoms with E-state index >= 15 is 0 Å². The topological polar surface area (TPSA) is 94.1 Å². The van der Waals surface area contributed by atoms with Crippen molar-refractivity contribution in [1.82, 2.24) is 4.98 Å². The van der Waals surface area contributed by atoms with Crippen LogP contribution in [0.15, 0.2) is 12.1 Å². The van der Waals surface area contributed by atoms with Gasteiger partial charge in [0, 0.05) is 24.3 Å². The van der Waals surface area contributed by atoms with Crippen LogP contribution in [-0.4, -0.2) is 22.5 Å². The SMILES string of the molecule is Cc1ccc([N+](=O)[O-])c(NCC(N)C2CC2)n1. The summed E-state index contributed by atoms with van der Waals surface area (Å²) >= 11 is 0. The predicted molar refractivity (Wildman–Crippen MR) is 64.8 cm³/mol. The quantitative estimate of drug-likeness (QED) is 0.596. The summed E-state index contributed by atoms with van der Waals surface area (Å²) in [6, 6.07) is 3.15. The number of hydrogen-bond acceptors (Lipinski definition) is 5. The number of nitrogens with zero attached hydrogens (tertiary/aromatic N) is 2. The van der Waals surface area contributed by atoms with Gasteiger partial charge in [-0.15, -0.1) is 0 Å². The maximum atomic E-state index is 10.8. The van der Waals surface area contributed by atoms with Crippen molar-refractivity contribution >= 4 is 11.5 Å². The van der Waals surface area contributed by atoms with Crippen molar-refractivity contribution in [2.24, 2.45) is 11.7 Å². The molecule has 1 aromatic rings. The van der Waals surface area contributed by atoms with Gasteiger partial charge in [0.1, 0.15) is 0 Å². The minimum absolute atomic E-state index is 0.00130. The molecule has 1 heterocycles. The van der Waals surface area contributed by atoms with Crippen LogP contribution in [0.5, 0.6) is 0 Å². The van der Waals surface area contributed by atoms with E-state index < -0.39 is 4.92 Å². The Kier molecular flexibility index (Phi) is 3.23.